The molecule has 0 bridgehead atoms. The molecular weight excluding hydrogens is 304 g/mol. The normalized spacial score (nSPS) is 12.2. The lowest BCUT2D eigenvalue weighted by molar-refractivity contribution is 0.818. The quantitative estimate of drug-likeness (QED) is 0.501. The van der Waals surface area contributed by atoms with Gasteiger partial charge in [-0.05, 0) is 52.6 Å². The van der Waals surface area contributed by atoms with Crippen LogP contribution in [0.1, 0.15) is 61.8 Å². The summed E-state index contributed by atoms with van der Waals surface area (Å²) in [6.07, 6.45) is 0. The Bertz CT molecular complexity index is 656. The van der Waals surface area contributed by atoms with Crippen LogP contribution in [0.4, 0.5) is 0 Å². The maximum atomic E-state index is 2.44. The van der Waals surface area contributed by atoms with E-state index in [1.807, 2.05) is 0 Å². The van der Waals surface area contributed by atoms with Gasteiger partial charge >= 0.3 is 0 Å². The van der Waals surface area contributed by atoms with Gasteiger partial charge in [0.2, 0.25) is 0 Å². The first-order valence-corrected chi connectivity index (χ1v) is 13.0. The van der Waals surface area contributed by atoms with Crippen molar-refractivity contribution in [3.8, 4) is 11.1 Å². The Morgan fingerprint density at radius 1 is 0.750 bits per heavy atom. The van der Waals surface area contributed by atoms with Crippen molar-refractivity contribution < 1.29 is 0 Å². The smallest absolute Gasteiger partial charge is 0.0487 e. The molecule has 0 radical (unpaired) electrons. The second-order valence-electron chi connectivity index (χ2n) is 9.02. The zero-order chi connectivity index (χ0) is 18.1. The Labute approximate surface area is 150 Å². The van der Waals surface area contributed by atoms with Crippen LogP contribution in [0, 0.1) is 6.92 Å². The Kier molecular flexibility index (Phi) is 5.75. The summed E-state index contributed by atoms with van der Waals surface area (Å²) in [6, 6.07) is 15.4. The van der Waals surface area contributed by atoms with E-state index >= 15 is 0 Å². The van der Waals surface area contributed by atoms with Crippen molar-refractivity contribution in [3.63, 3.8) is 0 Å². The highest BCUT2D eigenvalue weighted by atomic mass is 28.3. The molecule has 0 saturated carbocycles. The van der Waals surface area contributed by atoms with E-state index in [9.17, 15) is 0 Å². The fourth-order valence-corrected chi connectivity index (χ4v) is 5.01. The first kappa shape index (κ1) is 19.0. The molecule has 24 heavy (non-hydrogen) atoms. The lowest BCUT2D eigenvalue weighted by Crippen LogP contribution is -2.23. The fourth-order valence-electron chi connectivity index (χ4n) is 3.55. The van der Waals surface area contributed by atoms with Gasteiger partial charge in [-0.15, -0.1) is 0 Å². The largest absolute Gasteiger partial charge is 0.0693 e. The van der Waals surface area contributed by atoms with Crippen LogP contribution in [0.3, 0.4) is 0 Å². The third-order valence-corrected chi connectivity index (χ3v) is 6.22. The highest BCUT2D eigenvalue weighted by Gasteiger charge is 2.15. The molecule has 0 atom stereocenters. The van der Waals surface area contributed by atoms with Gasteiger partial charge in [-0.3, -0.25) is 0 Å². The standard InChI is InChI=1S/C23H34Si/c1-16(2)22-13-21(14-23(17(3)4)18(22)5)20-11-9-19(10-12-20)15-24(6,7)8/h9-14,16-17H,15H2,1-8H3. The second kappa shape index (κ2) is 7.27. The molecule has 0 fully saturated rings. The van der Waals surface area contributed by atoms with Gasteiger partial charge in [0.25, 0.3) is 0 Å². The molecular formula is C23H34Si. The van der Waals surface area contributed by atoms with Crippen LogP contribution in [0.2, 0.25) is 19.6 Å². The van der Waals surface area contributed by atoms with Crippen molar-refractivity contribution in [1.29, 1.82) is 0 Å². The number of hydrogen-bond donors (Lipinski definition) is 0. The van der Waals surface area contributed by atoms with E-state index in [1.54, 1.807) is 0 Å². The Morgan fingerprint density at radius 2 is 1.21 bits per heavy atom. The minimum absolute atomic E-state index is 0.564. The van der Waals surface area contributed by atoms with Crippen molar-refractivity contribution in [1.82, 2.24) is 0 Å². The summed E-state index contributed by atoms with van der Waals surface area (Å²) >= 11 is 0. The SMILES string of the molecule is Cc1c(C(C)C)cc(-c2ccc(C[Si](C)(C)C)cc2)cc1C(C)C. The minimum Gasteiger partial charge on any atom is -0.0693 e. The van der Waals surface area contributed by atoms with Gasteiger partial charge in [-0.25, -0.2) is 0 Å². The molecule has 0 saturated heterocycles. The van der Waals surface area contributed by atoms with E-state index in [0.29, 0.717) is 11.8 Å². The van der Waals surface area contributed by atoms with Gasteiger partial charge < -0.3 is 0 Å². The summed E-state index contributed by atoms with van der Waals surface area (Å²) in [5, 5.41) is 0. The van der Waals surface area contributed by atoms with Crippen LogP contribution in [0.15, 0.2) is 36.4 Å². The summed E-state index contributed by atoms with van der Waals surface area (Å²) < 4.78 is 0. The number of benzene rings is 2. The summed E-state index contributed by atoms with van der Waals surface area (Å²) in [5.41, 5.74) is 8.65. The third kappa shape index (κ3) is 4.60. The Morgan fingerprint density at radius 3 is 1.58 bits per heavy atom. The molecule has 0 aliphatic carbocycles. The van der Waals surface area contributed by atoms with Crippen LogP contribution < -0.4 is 0 Å². The lowest BCUT2D eigenvalue weighted by Gasteiger charge is -2.20. The molecule has 0 unspecified atom stereocenters. The molecule has 0 N–H and O–H groups in total. The molecule has 2 rings (SSSR count). The van der Waals surface area contributed by atoms with E-state index in [0.717, 1.165) is 0 Å². The highest BCUT2D eigenvalue weighted by molar-refractivity contribution is 6.75. The van der Waals surface area contributed by atoms with Crippen LogP contribution in [-0.2, 0) is 6.04 Å². The summed E-state index contributed by atoms with van der Waals surface area (Å²) in [4.78, 5) is 0. The minimum atomic E-state index is -1.05. The van der Waals surface area contributed by atoms with E-state index in [1.165, 1.54) is 39.4 Å². The zero-order valence-corrected chi connectivity index (χ0v) is 17.8. The monoisotopic (exact) mass is 338 g/mol. The molecule has 0 heterocycles. The average molecular weight is 339 g/mol. The molecule has 130 valence electrons. The molecule has 0 aliphatic heterocycles. The topological polar surface area (TPSA) is 0 Å². The van der Waals surface area contributed by atoms with Gasteiger partial charge in [0, 0.05) is 8.07 Å². The van der Waals surface area contributed by atoms with Gasteiger partial charge in [-0.1, -0.05) is 89.3 Å². The van der Waals surface area contributed by atoms with Gasteiger partial charge in [-0.2, -0.15) is 0 Å². The van der Waals surface area contributed by atoms with Gasteiger partial charge in [0.05, 0.1) is 0 Å². The molecule has 1 heteroatoms. The van der Waals surface area contributed by atoms with Crippen molar-refractivity contribution in [2.75, 3.05) is 0 Å². The molecule has 0 nitrogen and oxygen atoms in total. The lowest BCUT2D eigenvalue weighted by atomic mass is 9.86. The van der Waals surface area contributed by atoms with Crippen LogP contribution in [0.5, 0.6) is 0 Å². The van der Waals surface area contributed by atoms with E-state index in [4.69, 9.17) is 0 Å². The molecule has 0 aromatic heterocycles. The summed E-state index contributed by atoms with van der Waals surface area (Å²) in [6.45, 7) is 18.8. The maximum Gasteiger partial charge on any atom is 0.0487 e. The number of rotatable bonds is 5. The van der Waals surface area contributed by atoms with E-state index < -0.39 is 8.07 Å². The van der Waals surface area contributed by atoms with Crippen LogP contribution in [0.25, 0.3) is 11.1 Å². The van der Waals surface area contributed by atoms with Gasteiger partial charge in [0.15, 0.2) is 0 Å². The second-order valence-corrected chi connectivity index (χ2v) is 14.5. The number of hydrogen-bond acceptors (Lipinski definition) is 0. The fraction of sp³-hybridized carbons (Fsp3) is 0.478. The zero-order valence-electron chi connectivity index (χ0n) is 16.8. The molecule has 2 aromatic carbocycles. The summed E-state index contributed by atoms with van der Waals surface area (Å²) in [7, 11) is -1.05. The van der Waals surface area contributed by atoms with Crippen molar-refractivity contribution in [3.05, 3.63) is 58.7 Å². The molecule has 0 amide bonds. The predicted molar refractivity (Wildman–Crippen MR) is 112 cm³/mol. The Hall–Kier alpha value is -1.34. The predicted octanol–water partition coefficient (Wildman–Crippen LogP) is 7.33. The van der Waals surface area contributed by atoms with E-state index in [-0.39, 0.29) is 0 Å². The van der Waals surface area contributed by atoms with Crippen LogP contribution >= 0.6 is 0 Å². The third-order valence-electron chi connectivity index (χ3n) is 4.75. The van der Waals surface area contributed by atoms with Crippen molar-refractivity contribution in [2.45, 2.75) is 72.1 Å². The maximum absolute atomic E-state index is 2.44. The Balaban J connectivity index is 2.44. The first-order chi connectivity index (χ1) is 11.1. The van der Waals surface area contributed by atoms with Crippen molar-refractivity contribution in [2.24, 2.45) is 0 Å². The summed E-state index contributed by atoms with van der Waals surface area (Å²) in [5.74, 6) is 1.13. The first-order valence-electron chi connectivity index (χ1n) is 9.32. The molecule has 2 aromatic rings. The van der Waals surface area contributed by atoms with E-state index in [2.05, 4.69) is 90.7 Å². The highest BCUT2D eigenvalue weighted by Crippen LogP contribution is 2.33. The molecule has 0 aliphatic rings. The average Bonchev–Trinajstić information content (AvgIpc) is 2.46. The molecule has 0 spiro atoms. The van der Waals surface area contributed by atoms with Crippen molar-refractivity contribution >= 4 is 8.07 Å². The van der Waals surface area contributed by atoms with Gasteiger partial charge in [0.1, 0.15) is 0 Å². The van der Waals surface area contributed by atoms with Crippen LogP contribution in [-0.4, -0.2) is 8.07 Å².